The van der Waals surface area contributed by atoms with Crippen molar-refractivity contribution in [2.75, 3.05) is 24.8 Å². The highest BCUT2D eigenvalue weighted by Gasteiger charge is 2.35. The number of ether oxygens (including phenoxy) is 1. The minimum Gasteiger partial charge on any atom is -0.495 e. The molecule has 0 saturated carbocycles. The van der Waals surface area contributed by atoms with Crippen molar-refractivity contribution in [1.82, 2.24) is 15.3 Å². The van der Waals surface area contributed by atoms with Crippen molar-refractivity contribution in [3.63, 3.8) is 0 Å². The first-order valence-corrected chi connectivity index (χ1v) is 11.8. The van der Waals surface area contributed by atoms with Gasteiger partial charge in [-0.2, -0.15) is 18.2 Å². The molecule has 2 aromatic carbocycles. The second-order valence-electron chi connectivity index (χ2n) is 7.30. The van der Waals surface area contributed by atoms with Crippen LogP contribution in [0.2, 0.25) is 0 Å². The molecule has 1 aromatic heterocycles. The number of methoxy groups -OCH3 is 1. The molecule has 0 saturated heterocycles. The van der Waals surface area contributed by atoms with Gasteiger partial charge in [0.1, 0.15) is 22.9 Å². The smallest absolute Gasteiger partial charge is 0.421 e. The predicted octanol–water partition coefficient (Wildman–Crippen LogP) is 4.17. The van der Waals surface area contributed by atoms with E-state index in [1.54, 1.807) is 0 Å². The van der Waals surface area contributed by atoms with Crippen molar-refractivity contribution in [1.29, 1.82) is 0 Å². The van der Waals surface area contributed by atoms with Gasteiger partial charge in [-0.1, -0.05) is 12.1 Å². The molecule has 0 atom stereocenters. The fraction of sp³-hybridized carbons (Fsp3) is 0.190. The Hall–Kier alpha value is -3.74. The summed E-state index contributed by atoms with van der Waals surface area (Å²) in [6.45, 7) is 0. The average Bonchev–Trinajstić information content (AvgIpc) is 2.79. The second kappa shape index (κ2) is 10.5. The SMILES string of the molecule is CNC(=O)c1ccccc1Nc1nc(Nc2cc(F)c(CP(=O)(O)O)cc2OC)ncc1C(F)(F)F. The highest BCUT2D eigenvalue weighted by Crippen LogP contribution is 2.42. The van der Waals surface area contributed by atoms with Crippen LogP contribution >= 0.6 is 7.60 Å². The molecule has 0 spiro atoms. The number of nitrogens with one attached hydrogen (secondary N) is 3. The number of rotatable bonds is 8. The van der Waals surface area contributed by atoms with E-state index in [2.05, 4.69) is 25.9 Å². The van der Waals surface area contributed by atoms with Gasteiger partial charge in [-0.15, -0.1) is 0 Å². The standard InChI is InChI=1S/C21H20F4N5O5P/c1-26-19(31)12-5-3-4-6-15(12)28-18-13(21(23,24)25)9-27-20(30-18)29-16-8-14(22)11(7-17(16)35-2)10-36(32,33)34/h3-9H,10H2,1-2H3,(H,26,31)(H2,32,33,34)(H2,27,28,29,30). The lowest BCUT2D eigenvalue weighted by molar-refractivity contribution is -0.137. The Morgan fingerprint density at radius 3 is 2.44 bits per heavy atom. The maximum absolute atomic E-state index is 14.5. The van der Waals surface area contributed by atoms with Crippen LogP contribution in [0.5, 0.6) is 5.75 Å². The van der Waals surface area contributed by atoms with Gasteiger partial charge in [0.25, 0.3) is 5.91 Å². The van der Waals surface area contributed by atoms with E-state index in [0.29, 0.717) is 6.20 Å². The Morgan fingerprint density at radius 1 is 1.14 bits per heavy atom. The van der Waals surface area contributed by atoms with Crippen molar-refractivity contribution in [3.05, 3.63) is 65.1 Å². The highest BCUT2D eigenvalue weighted by molar-refractivity contribution is 7.50. The zero-order valence-electron chi connectivity index (χ0n) is 18.7. The second-order valence-corrected chi connectivity index (χ2v) is 8.94. The highest BCUT2D eigenvalue weighted by atomic mass is 31.2. The van der Waals surface area contributed by atoms with E-state index in [9.17, 15) is 26.9 Å². The van der Waals surface area contributed by atoms with E-state index in [4.69, 9.17) is 14.5 Å². The van der Waals surface area contributed by atoms with Gasteiger partial charge in [-0.25, -0.2) is 9.37 Å². The number of nitrogens with zero attached hydrogens (tertiary/aromatic N) is 2. The van der Waals surface area contributed by atoms with Gasteiger partial charge in [-0.3, -0.25) is 9.36 Å². The van der Waals surface area contributed by atoms with Crippen LogP contribution in [0, 0.1) is 5.82 Å². The topological polar surface area (TPSA) is 146 Å². The molecule has 10 nitrogen and oxygen atoms in total. The number of hydrogen-bond acceptors (Lipinski definition) is 7. The number of halogens is 4. The van der Waals surface area contributed by atoms with Crippen molar-refractivity contribution >= 4 is 36.6 Å². The minimum absolute atomic E-state index is 0.0393. The fourth-order valence-corrected chi connectivity index (χ4v) is 3.81. The van der Waals surface area contributed by atoms with Crippen molar-refractivity contribution in [3.8, 4) is 5.75 Å². The first kappa shape index (κ1) is 26.9. The summed E-state index contributed by atoms with van der Waals surface area (Å²) in [5, 5.41) is 7.43. The molecule has 0 aliphatic heterocycles. The summed E-state index contributed by atoms with van der Waals surface area (Å²) in [6, 6.07) is 7.72. The minimum atomic E-state index is -4.85. The molecule has 36 heavy (non-hydrogen) atoms. The van der Waals surface area contributed by atoms with Crippen LogP contribution in [-0.2, 0) is 16.9 Å². The van der Waals surface area contributed by atoms with Crippen LogP contribution in [0.1, 0.15) is 21.5 Å². The number of carbonyl (C=O) groups is 1. The Labute approximate surface area is 201 Å². The largest absolute Gasteiger partial charge is 0.495 e. The van der Waals surface area contributed by atoms with Crippen molar-refractivity contribution < 1.29 is 41.4 Å². The first-order valence-electron chi connectivity index (χ1n) is 10.0. The molecule has 0 radical (unpaired) electrons. The van der Waals surface area contributed by atoms with Gasteiger partial charge in [0.2, 0.25) is 5.95 Å². The van der Waals surface area contributed by atoms with Gasteiger partial charge in [-0.05, 0) is 18.2 Å². The van der Waals surface area contributed by atoms with Gasteiger partial charge in [0.05, 0.1) is 30.2 Å². The molecule has 192 valence electrons. The summed E-state index contributed by atoms with van der Waals surface area (Å²) in [4.78, 5) is 37.9. The van der Waals surface area contributed by atoms with E-state index >= 15 is 0 Å². The molecular formula is C21H20F4N5O5P. The van der Waals surface area contributed by atoms with Gasteiger partial charge in [0.15, 0.2) is 0 Å². The van der Waals surface area contributed by atoms with E-state index in [1.807, 2.05) is 0 Å². The Kier molecular flexibility index (Phi) is 7.82. The lowest BCUT2D eigenvalue weighted by atomic mass is 10.1. The molecule has 0 bridgehead atoms. The number of alkyl halides is 3. The van der Waals surface area contributed by atoms with E-state index in [1.165, 1.54) is 38.4 Å². The van der Waals surface area contributed by atoms with Crippen molar-refractivity contribution in [2.24, 2.45) is 0 Å². The summed E-state index contributed by atoms with van der Waals surface area (Å²) in [5.41, 5.74) is -1.56. The third kappa shape index (κ3) is 6.47. The maximum Gasteiger partial charge on any atom is 0.421 e. The summed E-state index contributed by atoms with van der Waals surface area (Å²) < 4.78 is 71.7. The Morgan fingerprint density at radius 2 is 1.83 bits per heavy atom. The third-order valence-corrected chi connectivity index (χ3v) is 5.49. The van der Waals surface area contributed by atoms with Crippen LogP contribution in [-0.4, -0.2) is 39.8 Å². The van der Waals surface area contributed by atoms with E-state index in [-0.39, 0.29) is 34.2 Å². The average molecular weight is 529 g/mol. The summed E-state index contributed by atoms with van der Waals surface area (Å²) >= 11 is 0. The number of benzene rings is 2. The molecule has 0 unspecified atom stereocenters. The lowest BCUT2D eigenvalue weighted by Crippen LogP contribution is -2.20. The molecular weight excluding hydrogens is 509 g/mol. The number of aromatic nitrogens is 2. The number of anilines is 4. The molecule has 0 fully saturated rings. The number of carbonyl (C=O) groups excluding carboxylic acids is 1. The van der Waals surface area contributed by atoms with Crippen LogP contribution in [0.15, 0.2) is 42.6 Å². The Balaban J connectivity index is 2.03. The molecule has 5 N–H and O–H groups in total. The summed E-state index contributed by atoms with van der Waals surface area (Å²) in [6.07, 6.45) is -5.23. The van der Waals surface area contributed by atoms with E-state index in [0.717, 1.165) is 12.1 Å². The van der Waals surface area contributed by atoms with Crippen LogP contribution in [0.3, 0.4) is 0 Å². The molecule has 1 heterocycles. The van der Waals surface area contributed by atoms with Gasteiger partial charge < -0.3 is 30.5 Å². The number of amides is 1. The van der Waals surface area contributed by atoms with Crippen LogP contribution in [0.25, 0.3) is 0 Å². The summed E-state index contributed by atoms with van der Waals surface area (Å²) in [5.74, 6) is -2.68. The molecule has 3 rings (SSSR count). The predicted molar refractivity (Wildman–Crippen MR) is 122 cm³/mol. The maximum atomic E-state index is 14.5. The lowest BCUT2D eigenvalue weighted by Gasteiger charge is -2.17. The molecule has 0 aliphatic carbocycles. The normalized spacial score (nSPS) is 11.7. The quantitative estimate of drug-likeness (QED) is 0.214. The van der Waals surface area contributed by atoms with Crippen LogP contribution < -0.4 is 20.7 Å². The van der Waals surface area contributed by atoms with E-state index < -0.39 is 43.0 Å². The number of hydrogen-bond donors (Lipinski definition) is 5. The summed E-state index contributed by atoms with van der Waals surface area (Å²) in [7, 11) is -2.02. The molecule has 1 amide bonds. The van der Waals surface area contributed by atoms with Gasteiger partial charge in [0, 0.05) is 24.9 Å². The molecule has 3 aromatic rings. The zero-order chi connectivity index (χ0) is 26.7. The third-order valence-electron chi connectivity index (χ3n) is 4.74. The Bertz CT molecular complexity index is 1330. The van der Waals surface area contributed by atoms with Crippen LogP contribution in [0.4, 0.5) is 40.7 Å². The monoisotopic (exact) mass is 529 g/mol. The molecule has 15 heteroatoms. The van der Waals surface area contributed by atoms with Gasteiger partial charge >= 0.3 is 13.8 Å². The molecule has 0 aliphatic rings. The fourth-order valence-electron chi connectivity index (χ4n) is 3.12. The first-order chi connectivity index (χ1) is 16.8. The zero-order valence-corrected chi connectivity index (χ0v) is 19.6. The number of para-hydroxylation sites is 1. The van der Waals surface area contributed by atoms with Crippen molar-refractivity contribution in [2.45, 2.75) is 12.3 Å².